The van der Waals surface area contributed by atoms with Gasteiger partial charge >= 0.3 is 0 Å². The molecule has 0 aliphatic rings. The van der Waals surface area contributed by atoms with E-state index in [0.29, 0.717) is 28.5 Å². The van der Waals surface area contributed by atoms with Gasteiger partial charge in [-0.2, -0.15) is 0 Å². The van der Waals surface area contributed by atoms with Crippen molar-refractivity contribution in [2.45, 2.75) is 45.4 Å². The van der Waals surface area contributed by atoms with Crippen LogP contribution in [0.3, 0.4) is 0 Å². The second-order valence-corrected chi connectivity index (χ2v) is 9.12. The molecule has 0 saturated carbocycles. The topological polar surface area (TPSA) is 69.0 Å². The summed E-state index contributed by atoms with van der Waals surface area (Å²) < 4.78 is 7.92. The summed E-state index contributed by atoms with van der Waals surface area (Å²) in [6.45, 7) is 8.55. The number of anilines is 1. The van der Waals surface area contributed by atoms with Crippen LogP contribution in [0.25, 0.3) is 0 Å². The number of ether oxygens (including phenoxy) is 1. The number of carbonyl (C=O) groups is 1. The van der Waals surface area contributed by atoms with Gasteiger partial charge in [0.2, 0.25) is 5.91 Å². The molecule has 0 fully saturated rings. The SMILES string of the molecule is Cc1ccc(C(C)C)c(OCc2nnc(SCC(=O)Nc3ccc(Cl)cc3C)n2C)c1. The molecule has 3 aromatic rings. The van der Waals surface area contributed by atoms with Crippen LogP contribution in [0.5, 0.6) is 5.75 Å². The average Bonchev–Trinajstić information content (AvgIpc) is 3.06. The Hall–Kier alpha value is -2.51. The molecule has 31 heavy (non-hydrogen) atoms. The first-order valence-corrected chi connectivity index (χ1v) is 11.4. The second kappa shape index (κ2) is 10.2. The third kappa shape index (κ3) is 6.02. The van der Waals surface area contributed by atoms with E-state index in [1.54, 1.807) is 12.1 Å². The van der Waals surface area contributed by atoms with Crippen molar-refractivity contribution in [3.05, 3.63) is 63.9 Å². The Kier molecular flexibility index (Phi) is 7.62. The Balaban J connectivity index is 1.59. The van der Waals surface area contributed by atoms with E-state index in [0.717, 1.165) is 28.1 Å². The van der Waals surface area contributed by atoms with Crippen molar-refractivity contribution >= 4 is 35.0 Å². The molecular formula is C23H27ClN4O2S. The molecule has 0 aliphatic heterocycles. The number of hydrogen-bond donors (Lipinski definition) is 1. The molecule has 0 atom stereocenters. The van der Waals surface area contributed by atoms with Crippen LogP contribution in [-0.4, -0.2) is 26.4 Å². The lowest BCUT2D eigenvalue weighted by atomic mass is 10.0. The molecule has 1 heterocycles. The maximum Gasteiger partial charge on any atom is 0.234 e. The van der Waals surface area contributed by atoms with E-state index in [9.17, 15) is 4.79 Å². The number of halogens is 1. The largest absolute Gasteiger partial charge is 0.485 e. The number of nitrogens with zero attached hydrogens (tertiary/aromatic N) is 3. The van der Waals surface area contributed by atoms with Gasteiger partial charge in [0.05, 0.1) is 5.75 Å². The molecule has 0 spiro atoms. The van der Waals surface area contributed by atoms with Gasteiger partial charge in [0.25, 0.3) is 0 Å². The second-order valence-electron chi connectivity index (χ2n) is 7.74. The minimum atomic E-state index is -0.113. The molecular weight excluding hydrogens is 432 g/mol. The monoisotopic (exact) mass is 458 g/mol. The van der Waals surface area contributed by atoms with Crippen LogP contribution in [-0.2, 0) is 18.4 Å². The van der Waals surface area contributed by atoms with E-state index >= 15 is 0 Å². The van der Waals surface area contributed by atoms with Crippen molar-refractivity contribution in [3.63, 3.8) is 0 Å². The fraction of sp³-hybridized carbons (Fsp3) is 0.348. The molecule has 6 nitrogen and oxygen atoms in total. The third-order valence-corrected chi connectivity index (χ3v) is 6.12. The highest BCUT2D eigenvalue weighted by Gasteiger charge is 2.14. The molecule has 0 saturated heterocycles. The van der Waals surface area contributed by atoms with Gasteiger partial charge in [0.1, 0.15) is 12.4 Å². The lowest BCUT2D eigenvalue weighted by molar-refractivity contribution is -0.113. The number of nitrogens with one attached hydrogen (secondary N) is 1. The summed E-state index contributed by atoms with van der Waals surface area (Å²) in [7, 11) is 1.88. The highest BCUT2D eigenvalue weighted by Crippen LogP contribution is 2.28. The summed E-state index contributed by atoms with van der Waals surface area (Å²) in [6, 6.07) is 11.6. The molecule has 1 amide bonds. The minimum Gasteiger partial charge on any atom is -0.485 e. The lowest BCUT2D eigenvalue weighted by Crippen LogP contribution is -2.15. The zero-order valence-electron chi connectivity index (χ0n) is 18.4. The van der Waals surface area contributed by atoms with E-state index < -0.39 is 0 Å². The number of amides is 1. The minimum absolute atomic E-state index is 0.113. The molecule has 1 aromatic heterocycles. The standard InChI is InChI=1S/C23H27ClN4O2S/c1-14(2)18-8-6-15(3)10-20(18)30-12-21-26-27-23(28(21)5)31-13-22(29)25-19-9-7-17(24)11-16(19)4/h6-11,14H,12-13H2,1-5H3,(H,25,29). The van der Waals surface area contributed by atoms with Gasteiger partial charge in [-0.25, -0.2) is 0 Å². The van der Waals surface area contributed by atoms with Crippen molar-refractivity contribution in [1.29, 1.82) is 0 Å². The number of rotatable bonds is 8. The molecule has 164 valence electrons. The van der Waals surface area contributed by atoms with Crippen molar-refractivity contribution in [1.82, 2.24) is 14.8 Å². The highest BCUT2D eigenvalue weighted by molar-refractivity contribution is 7.99. The fourth-order valence-electron chi connectivity index (χ4n) is 3.07. The predicted molar refractivity (Wildman–Crippen MR) is 126 cm³/mol. The average molecular weight is 459 g/mol. The zero-order valence-corrected chi connectivity index (χ0v) is 20.0. The highest BCUT2D eigenvalue weighted by atomic mass is 35.5. The first-order chi connectivity index (χ1) is 14.7. The number of carbonyl (C=O) groups excluding carboxylic acids is 1. The summed E-state index contributed by atoms with van der Waals surface area (Å²) in [4.78, 5) is 12.3. The Labute approximate surface area is 192 Å². The van der Waals surface area contributed by atoms with Gasteiger partial charge in [0, 0.05) is 17.8 Å². The van der Waals surface area contributed by atoms with E-state index in [-0.39, 0.29) is 11.7 Å². The first-order valence-electron chi connectivity index (χ1n) is 10.0. The van der Waals surface area contributed by atoms with Crippen molar-refractivity contribution in [2.24, 2.45) is 7.05 Å². The van der Waals surface area contributed by atoms with Crippen molar-refractivity contribution in [3.8, 4) is 5.75 Å². The van der Waals surface area contributed by atoms with Crippen LogP contribution in [0.15, 0.2) is 41.6 Å². The molecule has 2 aromatic carbocycles. The molecule has 8 heteroatoms. The lowest BCUT2D eigenvalue weighted by Gasteiger charge is -2.14. The molecule has 0 aliphatic carbocycles. The normalized spacial score (nSPS) is 11.1. The van der Waals surface area contributed by atoms with E-state index in [2.05, 4.69) is 41.5 Å². The number of aryl methyl sites for hydroxylation is 2. The summed E-state index contributed by atoms with van der Waals surface area (Å²) in [5.74, 6) is 2.05. The maximum atomic E-state index is 12.3. The smallest absolute Gasteiger partial charge is 0.234 e. The quantitative estimate of drug-likeness (QED) is 0.450. The Morgan fingerprint density at radius 3 is 2.68 bits per heavy atom. The van der Waals surface area contributed by atoms with Crippen molar-refractivity contribution in [2.75, 3.05) is 11.1 Å². The van der Waals surface area contributed by atoms with E-state index in [4.69, 9.17) is 16.3 Å². The van der Waals surface area contributed by atoms with Gasteiger partial charge in [-0.05, 0) is 60.7 Å². The summed E-state index contributed by atoms with van der Waals surface area (Å²) >= 11 is 7.30. The van der Waals surface area contributed by atoms with Gasteiger partial charge in [0.15, 0.2) is 11.0 Å². The summed E-state index contributed by atoms with van der Waals surface area (Å²) in [5.41, 5.74) is 3.98. The first kappa shape index (κ1) is 23.2. The summed E-state index contributed by atoms with van der Waals surface area (Å²) in [5, 5.41) is 12.7. The van der Waals surface area contributed by atoms with E-state index in [1.807, 2.05) is 37.6 Å². The van der Waals surface area contributed by atoms with Crippen LogP contribution in [0, 0.1) is 13.8 Å². The van der Waals surface area contributed by atoms with Crippen LogP contribution in [0.4, 0.5) is 5.69 Å². The molecule has 0 bridgehead atoms. The summed E-state index contributed by atoms with van der Waals surface area (Å²) in [6.07, 6.45) is 0. The number of hydrogen-bond acceptors (Lipinski definition) is 5. The molecule has 3 rings (SSSR count). The third-order valence-electron chi connectivity index (χ3n) is 4.87. The van der Waals surface area contributed by atoms with E-state index in [1.165, 1.54) is 11.8 Å². The maximum absolute atomic E-state index is 12.3. The number of benzene rings is 2. The Bertz CT molecular complexity index is 1080. The predicted octanol–water partition coefficient (Wildman–Crippen LogP) is 5.52. The molecule has 1 N–H and O–H groups in total. The fourth-order valence-corrected chi connectivity index (χ4v) is 4.02. The number of aromatic nitrogens is 3. The molecule has 0 radical (unpaired) electrons. The van der Waals surface area contributed by atoms with Crippen LogP contribution >= 0.6 is 23.4 Å². The van der Waals surface area contributed by atoms with Gasteiger partial charge in [-0.15, -0.1) is 10.2 Å². The zero-order chi connectivity index (χ0) is 22.5. The van der Waals surface area contributed by atoms with Gasteiger partial charge < -0.3 is 14.6 Å². The van der Waals surface area contributed by atoms with Crippen LogP contribution in [0.1, 0.15) is 42.3 Å². The van der Waals surface area contributed by atoms with Crippen molar-refractivity contribution < 1.29 is 9.53 Å². The Morgan fingerprint density at radius 1 is 1.19 bits per heavy atom. The van der Waals surface area contributed by atoms with Gasteiger partial charge in [-0.3, -0.25) is 4.79 Å². The van der Waals surface area contributed by atoms with Crippen LogP contribution < -0.4 is 10.1 Å². The van der Waals surface area contributed by atoms with Crippen LogP contribution in [0.2, 0.25) is 5.02 Å². The molecule has 0 unspecified atom stereocenters. The number of thioether (sulfide) groups is 1. The van der Waals surface area contributed by atoms with Gasteiger partial charge in [-0.1, -0.05) is 49.3 Å². The Morgan fingerprint density at radius 2 is 1.97 bits per heavy atom.